The third kappa shape index (κ3) is 1.85. The van der Waals surface area contributed by atoms with E-state index in [1.54, 1.807) is 0 Å². The van der Waals surface area contributed by atoms with Gasteiger partial charge in [0.15, 0.2) is 0 Å². The molecule has 2 nitrogen and oxygen atoms in total. The van der Waals surface area contributed by atoms with Crippen molar-refractivity contribution in [2.24, 2.45) is 5.92 Å². The summed E-state index contributed by atoms with van der Waals surface area (Å²) >= 11 is 0. The number of rotatable bonds is 2. The van der Waals surface area contributed by atoms with Crippen LogP contribution >= 0.6 is 0 Å². The molecule has 84 valence electrons. The fourth-order valence-corrected chi connectivity index (χ4v) is 2.74. The summed E-state index contributed by atoms with van der Waals surface area (Å²) in [5.41, 5.74) is 2.76. The molecule has 1 aromatic heterocycles. The lowest BCUT2D eigenvalue weighted by Crippen LogP contribution is -2.30. The van der Waals surface area contributed by atoms with E-state index < -0.39 is 0 Å². The van der Waals surface area contributed by atoms with Crippen molar-refractivity contribution in [3.63, 3.8) is 0 Å². The maximum Gasteiger partial charge on any atom is 0.0456 e. The van der Waals surface area contributed by atoms with Gasteiger partial charge in [-0.1, -0.05) is 12.1 Å². The molecular weight excluding hydrogens is 196 g/mol. The molecule has 1 unspecified atom stereocenters. The van der Waals surface area contributed by atoms with Crippen LogP contribution in [0.4, 0.5) is 0 Å². The van der Waals surface area contributed by atoms with Gasteiger partial charge in [0.05, 0.1) is 0 Å². The van der Waals surface area contributed by atoms with Crippen molar-refractivity contribution >= 4 is 10.9 Å². The van der Waals surface area contributed by atoms with E-state index >= 15 is 0 Å². The molecule has 1 saturated heterocycles. The van der Waals surface area contributed by atoms with E-state index in [1.165, 1.54) is 48.8 Å². The van der Waals surface area contributed by atoms with Gasteiger partial charge >= 0.3 is 0 Å². The second-order valence-corrected chi connectivity index (χ2v) is 4.77. The molecule has 1 atom stereocenters. The lowest BCUT2D eigenvalue weighted by Gasteiger charge is -2.22. The number of benzene rings is 1. The highest BCUT2D eigenvalue weighted by molar-refractivity contribution is 5.82. The normalized spacial score (nSPS) is 21.4. The Balaban J connectivity index is 1.85. The number of piperidine rings is 1. The van der Waals surface area contributed by atoms with Crippen molar-refractivity contribution < 1.29 is 0 Å². The van der Waals surface area contributed by atoms with Crippen molar-refractivity contribution in [2.45, 2.75) is 19.3 Å². The number of hydrogen-bond donors (Lipinski definition) is 2. The molecule has 2 heterocycles. The summed E-state index contributed by atoms with van der Waals surface area (Å²) < 4.78 is 0. The summed E-state index contributed by atoms with van der Waals surface area (Å²) in [5, 5.41) is 4.89. The minimum atomic E-state index is 0.814. The van der Waals surface area contributed by atoms with E-state index in [0.717, 1.165) is 5.92 Å². The molecule has 1 aliphatic rings. The fraction of sp³-hybridized carbons (Fsp3) is 0.429. The van der Waals surface area contributed by atoms with E-state index in [9.17, 15) is 0 Å². The van der Waals surface area contributed by atoms with Crippen LogP contribution in [0.15, 0.2) is 30.5 Å². The Kier molecular flexibility index (Phi) is 2.66. The smallest absolute Gasteiger partial charge is 0.0456 e. The Morgan fingerprint density at radius 3 is 3.12 bits per heavy atom. The van der Waals surface area contributed by atoms with Gasteiger partial charge in [-0.25, -0.2) is 0 Å². The number of nitrogens with one attached hydrogen (secondary N) is 2. The molecular formula is C14H18N2. The molecule has 16 heavy (non-hydrogen) atoms. The minimum absolute atomic E-state index is 0.814. The first-order chi connectivity index (χ1) is 7.93. The summed E-state index contributed by atoms with van der Waals surface area (Å²) in [4.78, 5) is 3.28. The Bertz CT molecular complexity index is 466. The second kappa shape index (κ2) is 4.30. The Labute approximate surface area is 96.1 Å². The number of aromatic amines is 1. The van der Waals surface area contributed by atoms with E-state index in [-0.39, 0.29) is 0 Å². The maximum atomic E-state index is 3.49. The van der Waals surface area contributed by atoms with E-state index in [1.807, 2.05) is 6.20 Å². The predicted octanol–water partition coefficient (Wildman–Crippen LogP) is 2.71. The average molecular weight is 214 g/mol. The van der Waals surface area contributed by atoms with Crippen LogP contribution in [0.2, 0.25) is 0 Å². The SMILES string of the molecule is c1cc(CC2CCCNC2)c2cc[nH]c2c1. The van der Waals surface area contributed by atoms with Gasteiger partial charge < -0.3 is 10.3 Å². The van der Waals surface area contributed by atoms with Crippen LogP contribution in [0.5, 0.6) is 0 Å². The van der Waals surface area contributed by atoms with Crippen LogP contribution < -0.4 is 5.32 Å². The van der Waals surface area contributed by atoms with Crippen molar-refractivity contribution in [1.29, 1.82) is 0 Å². The van der Waals surface area contributed by atoms with E-state index in [4.69, 9.17) is 0 Å². The van der Waals surface area contributed by atoms with Gasteiger partial charge in [-0.05, 0) is 56.0 Å². The highest BCUT2D eigenvalue weighted by Crippen LogP contribution is 2.23. The second-order valence-electron chi connectivity index (χ2n) is 4.77. The van der Waals surface area contributed by atoms with E-state index in [0.29, 0.717) is 0 Å². The summed E-state index contributed by atoms with van der Waals surface area (Å²) in [7, 11) is 0. The molecule has 2 heteroatoms. The molecule has 0 bridgehead atoms. The van der Waals surface area contributed by atoms with Gasteiger partial charge in [-0.3, -0.25) is 0 Å². The van der Waals surface area contributed by atoms with Crippen LogP contribution in [0.3, 0.4) is 0 Å². The molecule has 2 aromatic rings. The Morgan fingerprint density at radius 1 is 1.25 bits per heavy atom. The van der Waals surface area contributed by atoms with Crippen molar-refractivity contribution in [3.8, 4) is 0 Å². The van der Waals surface area contributed by atoms with Gasteiger partial charge in [0, 0.05) is 17.1 Å². The van der Waals surface area contributed by atoms with Gasteiger partial charge in [0.2, 0.25) is 0 Å². The molecule has 2 N–H and O–H groups in total. The van der Waals surface area contributed by atoms with Crippen LogP contribution in [0.25, 0.3) is 10.9 Å². The average Bonchev–Trinajstić information content (AvgIpc) is 2.80. The van der Waals surface area contributed by atoms with Crippen LogP contribution in [-0.4, -0.2) is 18.1 Å². The number of hydrogen-bond acceptors (Lipinski definition) is 1. The predicted molar refractivity (Wildman–Crippen MR) is 67.6 cm³/mol. The van der Waals surface area contributed by atoms with Crippen LogP contribution in [0, 0.1) is 5.92 Å². The number of H-pyrrole nitrogens is 1. The van der Waals surface area contributed by atoms with Gasteiger partial charge in [0.1, 0.15) is 0 Å². The molecule has 0 amide bonds. The molecule has 1 aromatic carbocycles. The van der Waals surface area contributed by atoms with Crippen molar-refractivity contribution in [3.05, 3.63) is 36.0 Å². The van der Waals surface area contributed by atoms with Gasteiger partial charge in [-0.2, -0.15) is 0 Å². The quantitative estimate of drug-likeness (QED) is 0.790. The van der Waals surface area contributed by atoms with Crippen LogP contribution in [-0.2, 0) is 6.42 Å². The van der Waals surface area contributed by atoms with E-state index in [2.05, 4.69) is 34.6 Å². The molecule has 1 aliphatic heterocycles. The fourth-order valence-electron chi connectivity index (χ4n) is 2.74. The molecule has 0 aliphatic carbocycles. The standard InChI is InChI=1S/C14H18N2/c1-4-12(9-11-3-2-7-15-10-11)13-6-8-16-14(13)5-1/h1,4-6,8,11,15-16H,2-3,7,9-10H2. The number of aromatic nitrogens is 1. The first-order valence-electron chi connectivity index (χ1n) is 6.19. The first kappa shape index (κ1) is 9.91. The molecule has 3 rings (SSSR count). The Morgan fingerprint density at radius 2 is 2.25 bits per heavy atom. The van der Waals surface area contributed by atoms with Crippen molar-refractivity contribution in [1.82, 2.24) is 10.3 Å². The molecule has 0 radical (unpaired) electrons. The van der Waals surface area contributed by atoms with Gasteiger partial charge in [-0.15, -0.1) is 0 Å². The lowest BCUT2D eigenvalue weighted by molar-refractivity contribution is 0.377. The summed E-state index contributed by atoms with van der Waals surface area (Å²) in [5.74, 6) is 0.814. The molecule has 0 saturated carbocycles. The Hall–Kier alpha value is -1.28. The number of fused-ring (bicyclic) bond motifs is 1. The zero-order valence-electron chi connectivity index (χ0n) is 9.50. The summed E-state index contributed by atoms with van der Waals surface area (Å²) in [6.07, 6.45) is 5.94. The highest BCUT2D eigenvalue weighted by Gasteiger charge is 2.14. The zero-order chi connectivity index (χ0) is 10.8. The third-order valence-electron chi connectivity index (χ3n) is 3.59. The monoisotopic (exact) mass is 214 g/mol. The topological polar surface area (TPSA) is 27.8 Å². The molecule has 1 fully saturated rings. The maximum absolute atomic E-state index is 3.49. The minimum Gasteiger partial charge on any atom is -0.361 e. The van der Waals surface area contributed by atoms with Crippen LogP contribution in [0.1, 0.15) is 18.4 Å². The lowest BCUT2D eigenvalue weighted by atomic mass is 9.91. The third-order valence-corrected chi connectivity index (χ3v) is 3.59. The molecule has 0 spiro atoms. The summed E-state index contributed by atoms with van der Waals surface area (Å²) in [6.45, 7) is 2.38. The highest BCUT2D eigenvalue weighted by atomic mass is 14.9. The van der Waals surface area contributed by atoms with Crippen molar-refractivity contribution in [2.75, 3.05) is 13.1 Å². The van der Waals surface area contributed by atoms with Gasteiger partial charge in [0.25, 0.3) is 0 Å². The summed E-state index contributed by atoms with van der Waals surface area (Å²) in [6, 6.07) is 8.77. The largest absolute Gasteiger partial charge is 0.361 e. The first-order valence-corrected chi connectivity index (χ1v) is 6.19. The zero-order valence-corrected chi connectivity index (χ0v) is 9.50.